The quantitative estimate of drug-likeness (QED) is 0.430. The van der Waals surface area contributed by atoms with Gasteiger partial charge in [-0.3, -0.25) is 14.7 Å². The molecule has 2 heterocycles. The van der Waals surface area contributed by atoms with Gasteiger partial charge in [0.2, 0.25) is 0 Å². The number of hydrogen-bond acceptors (Lipinski definition) is 7. The lowest BCUT2D eigenvalue weighted by molar-refractivity contribution is 0.0962. The van der Waals surface area contributed by atoms with E-state index in [9.17, 15) is 4.79 Å². The van der Waals surface area contributed by atoms with Crippen LogP contribution in [0.1, 0.15) is 16.1 Å². The number of aliphatic hydroxyl groups excluding tert-OH is 2. The fourth-order valence-corrected chi connectivity index (χ4v) is 3.72. The molecule has 0 atom stereocenters. The number of hydrogen-bond donors (Lipinski definition) is 3. The zero-order valence-electron chi connectivity index (χ0n) is 21.1. The molecule has 200 valence electrons. The molecule has 2 aromatic carbocycles. The van der Waals surface area contributed by atoms with Crippen LogP contribution in [-0.4, -0.2) is 79.2 Å². The van der Waals surface area contributed by atoms with E-state index in [1.54, 1.807) is 25.4 Å². The van der Waals surface area contributed by atoms with Gasteiger partial charge in [0.25, 0.3) is 5.91 Å². The van der Waals surface area contributed by atoms with E-state index in [0.717, 1.165) is 42.6 Å². The van der Waals surface area contributed by atoms with Crippen LogP contribution < -0.4 is 15.0 Å². The minimum Gasteiger partial charge on any atom is -0.491 e. The van der Waals surface area contributed by atoms with E-state index in [0.29, 0.717) is 16.3 Å². The van der Waals surface area contributed by atoms with Crippen LogP contribution in [0.3, 0.4) is 0 Å². The van der Waals surface area contributed by atoms with Crippen molar-refractivity contribution in [2.75, 3.05) is 58.1 Å². The van der Waals surface area contributed by atoms with Crippen LogP contribution in [0, 0.1) is 6.92 Å². The lowest BCUT2D eigenvalue weighted by atomic mass is 10.2. The number of benzene rings is 2. The maximum absolute atomic E-state index is 11.0. The first-order valence-corrected chi connectivity index (χ1v) is 12.6. The lowest BCUT2D eigenvalue weighted by Gasteiger charge is -2.35. The molecule has 1 aromatic heterocycles. The van der Waals surface area contributed by atoms with Gasteiger partial charge in [0.05, 0.1) is 29.6 Å². The summed E-state index contributed by atoms with van der Waals surface area (Å²) in [6, 6.07) is 18.6. The molecule has 1 aliphatic heterocycles. The van der Waals surface area contributed by atoms with Gasteiger partial charge >= 0.3 is 0 Å². The number of piperazine rings is 1. The van der Waals surface area contributed by atoms with Crippen molar-refractivity contribution in [1.82, 2.24) is 15.2 Å². The predicted octanol–water partition coefficient (Wildman–Crippen LogP) is 3.87. The molecule has 3 aromatic rings. The van der Waals surface area contributed by atoms with Gasteiger partial charge in [-0.1, -0.05) is 41.4 Å². The summed E-state index contributed by atoms with van der Waals surface area (Å²) in [5.41, 5.74) is 2.49. The Morgan fingerprint density at radius 1 is 1.03 bits per heavy atom. The van der Waals surface area contributed by atoms with Gasteiger partial charge in [0, 0.05) is 56.2 Å². The molecular weight excluding hydrogens is 515 g/mol. The zero-order valence-corrected chi connectivity index (χ0v) is 22.6. The summed E-state index contributed by atoms with van der Waals surface area (Å²) in [6.45, 7) is 5.59. The Kier molecular flexibility index (Phi) is 13.8. The average Bonchev–Trinajstić information content (AvgIpc) is 2.93. The van der Waals surface area contributed by atoms with Crippen molar-refractivity contribution in [2.45, 2.75) is 6.92 Å². The monoisotopic (exact) mass is 548 g/mol. The first kappa shape index (κ1) is 30.3. The maximum atomic E-state index is 11.0. The number of ether oxygens (including phenoxy) is 1. The minimum atomic E-state index is -0.0995. The third-order valence-electron chi connectivity index (χ3n) is 5.33. The fraction of sp³-hybridized carbons (Fsp3) is 0.333. The molecule has 8 nitrogen and oxygen atoms in total. The molecular formula is C27H34Cl2N4O4. The summed E-state index contributed by atoms with van der Waals surface area (Å²) < 4.78 is 5.32. The second-order valence-electron chi connectivity index (χ2n) is 7.99. The zero-order chi connectivity index (χ0) is 27.0. The van der Waals surface area contributed by atoms with Crippen LogP contribution in [0.2, 0.25) is 10.0 Å². The highest BCUT2D eigenvalue weighted by Gasteiger charge is 2.18. The van der Waals surface area contributed by atoms with Gasteiger partial charge in [0.15, 0.2) is 0 Å². The van der Waals surface area contributed by atoms with E-state index in [2.05, 4.69) is 15.2 Å². The highest BCUT2D eigenvalue weighted by molar-refractivity contribution is 6.33. The van der Waals surface area contributed by atoms with E-state index in [1.807, 2.05) is 60.4 Å². The van der Waals surface area contributed by atoms with Crippen LogP contribution in [0.25, 0.3) is 0 Å². The summed E-state index contributed by atoms with van der Waals surface area (Å²) in [6.07, 6.45) is 1.56. The first-order chi connectivity index (χ1) is 17.9. The number of aliphatic hydroxyl groups is 2. The third kappa shape index (κ3) is 11.0. The fourth-order valence-electron chi connectivity index (χ4n) is 3.29. The Balaban J connectivity index is 0.000000224. The van der Waals surface area contributed by atoms with Crippen LogP contribution in [-0.2, 0) is 0 Å². The van der Waals surface area contributed by atoms with Gasteiger partial charge in [-0.05, 0) is 43.3 Å². The number of carbonyl (C=O) groups is 1. The molecule has 1 fully saturated rings. The SMILES string of the molecule is CNC(=O)c1ccc(C)nc1.Clc1ccccc1.OCCOc1ccc(N2CCN(CO)CC2)c(Cl)c1. The number of aryl methyl sites for hydroxylation is 1. The van der Waals surface area contributed by atoms with Gasteiger partial charge in [0.1, 0.15) is 12.4 Å². The van der Waals surface area contributed by atoms with Crippen molar-refractivity contribution in [3.63, 3.8) is 0 Å². The minimum absolute atomic E-state index is 0.0114. The van der Waals surface area contributed by atoms with Crippen molar-refractivity contribution in [3.05, 3.63) is 88.2 Å². The average molecular weight is 549 g/mol. The van der Waals surface area contributed by atoms with Crippen LogP contribution in [0.5, 0.6) is 5.75 Å². The molecule has 0 spiro atoms. The van der Waals surface area contributed by atoms with Crippen LogP contribution in [0.4, 0.5) is 5.69 Å². The normalized spacial score (nSPS) is 13.0. The first-order valence-electron chi connectivity index (χ1n) is 11.8. The van der Waals surface area contributed by atoms with Gasteiger partial charge in [-0.15, -0.1) is 0 Å². The summed E-state index contributed by atoms with van der Waals surface area (Å²) in [5.74, 6) is 0.564. The largest absolute Gasteiger partial charge is 0.491 e. The Morgan fingerprint density at radius 3 is 2.22 bits per heavy atom. The van der Waals surface area contributed by atoms with E-state index >= 15 is 0 Å². The standard InChI is InChI=1S/C13H19ClN2O3.C8H10N2O.C6H5Cl/c14-12-9-11(19-8-7-17)1-2-13(12)16-5-3-15(10-18)4-6-16;1-6-3-4-7(5-10-6)8(11)9-2;7-6-4-2-1-3-5-6/h1-2,9,17-18H,3-8,10H2;3-5H,1-2H3,(H,9,11);1-5H. The van der Waals surface area contributed by atoms with Crippen molar-refractivity contribution in [2.24, 2.45) is 0 Å². The van der Waals surface area contributed by atoms with Gasteiger partial charge in [-0.25, -0.2) is 0 Å². The molecule has 1 aliphatic rings. The van der Waals surface area contributed by atoms with Crippen LogP contribution >= 0.6 is 23.2 Å². The molecule has 1 saturated heterocycles. The molecule has 0 bridgehead atoms. The van der Waals surface area contributed by atoms with E-state index in [4.69, 9.17) is 38.2 Å². The maximum Gasteiger partial charge on any atom is 0.252 e. The Labute approximate surface area is 228 Å². The molecule has 0 unspecified atom stereocenters. The number of halogens is 2. The summed E-state index contributed by atoms with van der Waals surface area (Å²) in [7, 11) is 1.60. The molecule has 0 aliphatic carbocycles. The number of nitrogens with one attached hydrogen (secondary N) is 1. The van der Waals surface area contributed by atoms with Crippen molar-refractivity contribution >= 4 is 34.8 Å². The Morgan fingerprint density at radius 2 is 1.73 bits per heavy atom. The summed E-state index contributed by atoms with van der Waals surface area (Å²) in [5, 5.41) is 21.7. The van der Waals surface area contributed by atoms with Gasteiger partial charge in [-0.2, -0.15) is 0 Å². The number of nitrogens with zero attached hydrogens (tertiary/aromatic N) is 3. The smallest absolute Gasteiger partial charge is 0.252 e. The molecule has 3 N–H and O–H groups in total. The van der Waals surface area contributed by atoms with E-state index in [1.165, 1.54) is 0 Å². The third-order valence-corrected chi connectivity index (χ3v) is 5.88. The molecule has 4 rings (SSSR count). The Bertz CT molecular complexity index is 1060. The van der Waals surface area contributed by atoms with Gasteiger partial charge < -0.3 is 25.2 Å². The molecule has 10 heteroatoms. The number of aromatic nitrogens is 1. The number of carbonyl (C=O) groups excluding carboxylic acids is 1. The van der Waals surface area contributed by atoms with Crippen LogP contribution in [0.15, 0.2) is 66.9 Å². The second-order valence-corrected chi connectivity index (χ2v) is 8.84. The van der Waals surface area contributed by atoms with Crippen molar-refractivity contribution in [1.29, 1.82) is 0 Å². The van der Waals surface area contributed by atoms with E-state index in [-0.39, 0.29) is 25.9 Å². The molecule has 0 saturated carbocycles. The highest BCUT2D eigenvalue weighted by atomic mass is 35.5. The lowest BCUT2D eigenvalue weighted by Crippen LogP contribution is -2.46. The number of rotatable bonds is 6. The second kappa shape index (κ2) is 16.8. The summed E-state index contributed by atoms with van der Waals surface area (Å²) >= 11 is 11.8. The van der Waals surface area contributed by atoms with E-state index < -0.39 is 0 Å². The highest BCUT2D eigenvalue weighted by Crippen LogP contribution is 2.30. The van der Waals surface area contributed by atoms with Crippen molar-refractivity contribution < 1.29 is 19.7 Å². The predicted molar refractivity (Wildman–Crippen MR) is 149 cm³/mol. The number of amides is 1. The molecule has 0 radical (unpaired) electrons. The summed E-state index contributed by atoms with van der Waals surface area (Å²) in [4.78, 5) is 19.1. The Hall–Kier alpha value is -2.88. The topological polar surface area (TPSA) is 98.2 Å². The number of pyridine rings is 1. The number of anilines is 1. The van der Waals surface area contributed by atoms with Crippen molar-refractivity contribution in [3.8, 4) is 5.75 Å². The molecule has 37 heavy (non-hydrogen) atoms. The molecule has 1 amide bonds.